The van der Waals surface area contributed by atoms with Crippen LogP contribution < -0.4 is 21.7 Å². The fourth-order valence-corrected chi connectivity index (χ4v) is 4.03. The summed E-state index contributed by atoms with van der Waals surface area (Å²) in [7, 11) is 0. The summed E-state index contributed by atoms with van der Waals surface area (Å²) in [6, 6.07) is 9.19. The van der Waals surface area contributed by atoms with Gasteiger partial charge in [-0.15, -0.1) is 10.2 Å². The van der Waals surface area contributed by atoms with Crippen molar-refractivity contribution in [3.05, 3.63) is 66.6 Å². The molecule has 0 spiro atoms. The molecule has 0 radical (unpaired) electrons. The smallest absolute Gasteiger partial charge is 0.435 e. The van der Waals surface area contributed by atoms with Gasteiger partial charge in [-0.1, -0.05) is 43.8 Å². The second-order valence-corrected chi connectivity index (χ2v) is 8.54. The molecule has 4 rings (SSSR count). The Morgan fingerprint density at radius 2 is 1.95 bits per heavy atom. The first-order chi connectivity index (χ1) is 17.8. The van der Waals surface area contributed by atoms with Crippen molar-refractivity contribution in [3.8, 4) is 0 Å². The van der Waals surface area contributed by atoms with Crippen LogP contribution in [0.25, 0.3) is 0 Å². The van der Waals surface area contributed by atoms with Crippen molar-refractivity contribution < 1.29 is 19.1 Å². The molecule has 0 bridgehead atoms. The first-order valence-electron chi connectivity index (χ1n) is 11.6. The summed E-state index contributed by atoms with van der Waals surface area (Å²) in [6.07, 6.45) is 4.87. The van der Waals surface area contributed by atoms with Crippen molar-refractivity contribution in [2.45, 2.75) is 38.5 Å². The highest BCUT2D eigenvalue weighted by Crippen LogP contribution is 2.28. The van der Waals surface area contributed by atoms with Crippen LogP contribution >= 0.6 is 0 Å². The minimum atomic E-state index is -0.829. The number of anilines is 3. The molecule has 3 atom stereocenters. The van der Waals surface area contributed by atoms with E-state index in [1.54, 1.807) is 0 Å². The van der Waals surface area contributed by atoms with Crippen molar-refractivity contribution in [2.24, 2.45) is 11.7 Å². The van der Waals surface area contributed by atoms with E-state index in [0.717, 1.165) is 23.1 Å². The molecule has 13 nitrogen and oxygen atoms in total. The molecule has 2 heterocycles. The van der Waals surface area contributed by atoms with E-state index in [1.165, 1.54) is 18.5 Å². The van der Waals surface area contributed by atoms with Crippen molar-refractivity contribution >= 4 is 35.4 Å². The number of primary amides is 1. The summed E-state index contributed by atoms with van der Waals surface area (Å²) in [6.45, 7) is 5.58. The van der Waals surface area contributed by atoms with Gasteiger partial charge < -0.3 is 26.4 Å². The third-order valence-electron chi connectivity index (χ3n) is 6.04. The number of rotatable bonds is 9. The van der Waals surface area contributed by atoms with Crippen LogP contribution in [0.3, 0.4) is 0 Å². The molecule has 1 aliphatic rings. The van der Waals surface area contributed by atoms with E-state index in [9.17, 15) is 14.4 Å². The zero-order chi connectivity index (χ0) is 26.4. The number of aromatic nitrogens is 5. The number of nitrogens with one attached hydrogen (secondary N) is 3. The number of carbonyl (C=O) groups is 3. The molecule has 0 saturated heterocycles. The minimum Gasteiger partial charge on any atom is -0.443 e. The molecule has 2 aromatic heterocycles. The van der Waals surface area contributed by atoms with Gasteiger partial charge in [-0.25, -0.2) is 4.79 Å². The van der Waals surface area contributed by atoms with Gasteiger partial charge in [0.1, 0.15) is 6.61 Å². The van der Waals surface area contributed by atoms with E-state index in [0.29, 0.717) is 5.69 Å². The number of benzene rings is 1. The van der Waals surface area contributed by atoms with Gasteiger partial charge in [-0.05, 0) is 30.4 Å². The molecule has 1 aromatic carbocycles. The standard InChI is InChI=1S/C24H27N9O4/c1-3-19(34)28-17-9-10-18(14(17)2)29-23-30-22(20(21(25)35)31-32-23)27-16-11-26-33(12-16)24(36)37-13-15-7-5-4-6-8-15/h3-8,11-12,14,17-18H,1,9-10,13H2,2H3,(H2,25,35)(H,28,34)(H2,27,29,30,32)/t14-,17?,18+/m0/s1. The average Bonchev–Trinajstić information content (AvgIpc) is 3.50. The van der Waals surface area contributed by atoms with Crippen LogP contribution in [-0.2, 0) is 16.1 Å². The Kier molecular flexibility index (Phi) is 7.71. The van der Waals surface area contributed by atoms with E-state index in [2.05, 4.69) is 42.8 Å². The van der Waals surface area contributed by atoms with Crippen LogP contribution in [0.15, 0.2) is 55.4 Å². The lowest BCUT2D eigenvalue weighted by molar-refractivity contribution is -0.117. The van der Waals surface area contributed by atoms with Crippen molar-refractivity contribution in [1.29, 1.82) is 0 Å². The number of hydrogen-bond donors (Lipinski definition) is 4. The number of hydrogen-bond acceptors (Lipinski definition) is 10. The van der Waals surface area contributed by atoms with E-state index >= 15 is 0 Å². The number of amides is 2. The van der Waals surface area contributed by atoms with Gasteiger partial charge >= 0.3 is 6.09 Å². The second-order valence-electron chi connectivity index (χ2n) is 8.54. The maximum atomic E-state index is 12.3. The van der Waals surface area contributed by atoms with Gasteiger partial charge in [0.2, 0.25) is 11.9 Å². The van der Waals surface area contributed by atoms with Gasteiger partial charge in [0.05, 0.1) is 18.1 Å². The molecule has 2 amide bonds. The van der Waals surface area contributed by atoms with E-state index in [1.807, 2.05) is 37.3 Å². The van der Waals surface area contributed by atoms with Crippen LogP contribution in [0.4, 0.5) is 22.2 Å². The monoisotopic (exact) mass is 505 g/mol. The van der Waals surface area contributed by atoms with Crippen molar-refractivity contribution in [1.82, 2.24) is 30.3 Å². The number of ether oxygens (including phenoxy) is 1. The number of nitrogens with two attached hydrogens (primary N) is 1. The second kappa shape index (κ2) is 11.3. The quantitative estimate of drug-likeness (QED) is 0.314. The minimum absolute atomic E-state index is 0.0223. The normalized spacial score (nSPS) is 18.6. The molecular formula is C24H27N9O4. The Hall–Kier alpha value is -4.81. The highest BCUT2D eigenvalue weighted by Gasteiger charge is 2.34. The average molecular weight is 506 g/mol. The van der Waals surface area contributed by atoms with Crippen LogP contribution in [0.1, 0.15) is 35.8 Å². The summed E-state index contributed by atoms with van der Waals surface area (Å²) >= 11 is 0. The maximum absolute atomic E-state index is 12.3. The summed E-state index contributed by atoms with van der Waals surface area (Å²) < 4.78 is 6.28. The molecule has 192 valence electrons. The van der Waals surface area contributed by atoms with Crippen LogP contribution in [0.2, 0.25) is 0 Å². The highest BCUT2D eigenvalue weighted by molar-refractivity contribution is 5.96. The molecule has 13 heteroatoms. The zero-order valence-corrected chi connectivity index (χ0v) is 20.1. The van der Waals surface area contributed by atoms with E-state index in [4.69, 9.17) is 10.5 Å². The number of nitrogens with zero attached hydrogens (tertiary/aromatic N) is 5. The summed E-state index contributed by atoms with van der Waals surface area (Å²) in [5.41, 5.74) is 6.46. The first kappa shape index (κ1) is 25.3. The van der Waals surface area contributed by atoms with Gasteiger partial charge in [0, 0.05) is 12.1 Å². The van der Waals surface area contributed by atoms with E-state index in [-0.39, 0.29) is 48.0 Å². The SMILES string of the molecule is C=CC(=O)NC1CC[C@@H](Nc2nnc(C(N)=O)c(Nc3cnn(C(=O)OCc4ccccc4)c3)n2)[C@H]1C. The van der Waals surface area contributed by atoms with Gasteiger partial charge in [0.15, 0.2) is 11.5 Å². The third-order valence-corrected chi connectivity index (χ3v) is 6.04. The lowest BCUT2D eigenvalue weighted by atomic mass is 10.0. The molecule has 1 aliphatic carbocycles. The van der Waals surface area contributed by atoms with Gasteiger partial charge in [0.25, 0.3) is 5.91 Å². The Labute approximate surface area is 212 Å². The predicted molar refractivity (Wildman–Crippen MR) is 134 cm³/mol. The Morgan fingerprint density at radius 1 is 1.19 bits per heavy atom. The maximum Gasteiger partial charge on any atom is 0.435 e. The lowest BCUT2D eigenvalue weighted by Crippen LogP contribution is -2.39. The molecular weight excluding hydrogens is 478 g/mol. The molecule has 1 unspecified atom stereocenters. The van der Waals surface area contributed by atoms with Crippen molar-refractivity contribution in [3.63, 3.8) is 0 Å². The van der Waals surface area contributed by atoms with Gasteiger partial charge in [-0.3, -0.25) is 9.59 Å². The predicted octanol–water partition coefficient (Wildman–Crippen LogP) is 1.98. The molecule has 5 N–H and O–H groups in total. The molecule has 1 fully saturated rings. The van der Waals surface area contributed by atoms with Crippen molar-refractivity contribution in [2.75, 3.05) is 10.6 Å². The molecule has 37 heavy (non-hydrogen) atoms. The van der Waals surface area contributed by atoms with Crippen LogP contribution in [0, 0.1) is 5.92 Å². The Bertz CT molecular complexity index is 1290. The Morgan fingerprint density at radius 3 is 2.68 bits per heavy atom. The fourth-order valence-electron chi connectivity index (χ4n) is 4.03. The molecule has 3 aromatic rings. The topological polar surface area (TPSA) is 179 Å². The number of carbonyl (C=O) groups excluding carboxylic acids is 3. The zero-order valence-electron chi connectivity index (χ0n) is 20.1. The van der Waals surface area contributed by atoms with Gasteiger partial charge in [-0.2, -0.15) is 14.8 Å². The summed E-state index contributed by atoms with van der Waals surface area (Å²) in [4.78, 5) is 40.3. The fraction of sp³-hybridized carbons (Fsp3) is 0.292. The molecule has 0 aliphatic heterocycles. The Balaban J connectivity index is 1.43. The summed E-state index contributed by atoms with van der Waals surface area (Å²) in [5, 5.41) is 20.9. The first-order valence-corrected chi connectivity index (χ1v) is 11.6. The lowest BCUT2D eigenvalue weighted by Gasteiger charge is -2.22. The van der Waals surface area contributed by atoms with Crippen LogP contribution in [0.5, 0.6) is 0 Å². The molecule has 1 saturated carbocycles. The largest absolute Gasteiger partial charge is 0.443 e. The van der Waals surface area contributed by atoms with Crippen LogP contribution in [-0.4, -0.2) is 55.0 Å². The van der Waals surface area contributed by atoms with E-state index < -0.39 is 12.0 Å². The highest BCUT2D eigenvalue weighted by atomic mass is 16.6. The third kappa shape index (κ3) is 6.25. The summed E-state index contributed by atoms with van der Waals surface area (Å²) in [5.74, 6) is -0.749.